The van der Waals surface area contributed by atoms with Gasteiger partial charge in [-0.25, -0.2) is 0 Å². The summed E-state index contributed by atoms with van der Waals surface area (Å²) in [5.74, 6) is 0. The summed E-state index contributed by atoms with van der Waals surface area (Å²) >= 11 is 0. The molecule has 0 spiro atoms. The van der Waals surface area contributed by atoms with Crippen molar-refractivity contribution in [2.24, 2.45) is 0 Å². The van der Waals surface area contributed by atoms with Gasteiger partial charge in [-0.15, -0.1) is 0 Å². The Kier molecular flexibility index (Phi) is 20.4. The van der Waals surface area contributed by atoms with Crippen molar-refractivity contribution < 1.29 is 51.0 Å². The Morgan fingerprint density at radius 3 is 1.29 bits per heavy atom. The second kappa shape index (κ2) is 15.0. The Morgan fingerprint density at radius 2 is 1.18 bits per heavy atom. The fourth-order valence-corrected chi connectivity index (χ4v) is 1.91. The van der Waals surface area contributed by atoms with Crippen molar-refractivity contribution in [3.05, 3.63) is 23.3 Å². The minimum Gasteiger partial charge on any atom is -1.00 e. The van der Waals surface area contributed by atoms with Gasteiger partial charge in [0.15, 0.2) is 0 Å². The number of halogens is 2. The topological polar surface area (TPSA) is 0 Å². The molecule has 0 radical (unpaired) electrons. The molecule has 0 heterocycles. The molecule has 3 heteroatoms. The third-order valence-electron chi connectivity index (χ3n) is 2.91. The van der Waals surface area contributed by atoms with Gasteiger partial charge in [0, 0.05) is 0 Å². The van der Waals surface area contributed by atoms with Gasteiger partial charge >= 0.3 is 26.2 Å². The van der Waals surface area contributed by atoms with Gasteiger partial charge in [-0.2, -0.15) is 12.8 Å². The van der Waals surface area contributed by atoms with Gasteiger partial charge < -0.3 is 37.0 Å². The van der Waals surface area contributed by atoms with E-state index >= 15 is 0 Å². The Morgan fingerprint density at radius 1 is 0.824 bits per heavy atom. The fourth-order valence-electron chi connectivity index (χ4n) is 1.91. The summed E-state index contributed by atoms with van der Waals surface area (Å²) in [6.07, 6.45) is 16.8. The van der Waals surface area contributed by atoms with E-state index in [-0.39, 0.29) is 51.0 Å². The summed E-state index contributed by atoms with van der Waals surface area (Å²) in [5, 5.41) is 0. The third-order valence-corrected chi connectivity index (χ3v) is 2.91. The van der Waals surface area contributed by atoms with Crippen LogP contribution in [0.5, 0.6) is 0 Å². The van der Waals surface area contributed by atoms with E-state index < -0.39 is 0 Å². The van der Waals surface area contributed by atoms with E-state index in [0.29, 0.717) is 0 Å². The van der Waals surface area contributed by atoms with Crippen molar-refractivity contribution in [1.82, 2.24) is 0 Å². The van der Waals surface area contributed by atoms with Crippen molar-refractivity contribution in [2.75, 3.05) is 0 Å². The van der Waals surface area contributed by atoms with Crippen molar-refractivity contribution in [3.63, 3.8) is 0 Å². The molecule has 0 aliphatic heterocycles. The standard InChI is InChI=1S/2C7H11.2ClH.Zr/c2*1-2-7-5-3-4-6-7;;;/h2*2-5H2,1H3;2*1H;/q2*-1;;;+4/p-2. The summed E-state index contributed by atoms with van der Waals surface area (Å²) < 4.78 is 0. The van der Waals surface area contributed by atoms with Crippen LogP contribution in [0, 0.1) is 12.2 Å². The van der Waals surface area contributed by atoms with Gasteiger partial charge in [0.1, 0.15) is 0 Å². The molecule has 17 heavy (non-hydrogen) atoms. The second-order valence-corrected chi connectivity index (χ2v) is 3.97. The van der Waals surface area contributed by atoms with E-state index in [1.54, 1.807) is 11.1 Å². The average Bonchev–Trinajstić information content (AvgIpc) is 2.92. The molecule has 0 fully saturated rings. The molecule has 96 valence electrons. The van der Waals surface area contributed by atoms with E-state index in [9.17, 15) is 0 Å². The zero-order valence-corrected chi connectivity index (χ0v) is 14.9. The molecule has 0 unspecified atom stereocenters. The molecule has 2 rings (SSSR count). The van der Waals surface area contributed by atoms with Gasteiger partial charge in [-0.3, -0.25) is 11.1 Å². The summed E-state index contributed by atoms with van der Waals surface area (Å²) in [4.78, 5) is 0. The van der Waals surface area contributed by atoms with Crippen LogP contribution in [-0.2, 0) is 26.2 Å². The van der Waals surface area contributed by atoms with E-state index in [1.165, 1.54) is 51.4 Å². The number of hydrogen-bond acceptors (Lipinski definition) is 0. The molecule has 2 aliphatic rings. The molecule has 0 amide bonds. The maximum atomic E-state index is 3.32. The maximum Gasteiger partial charge on any atom is 4.00 e. The number of allylic oxidation sites excluding steroid dienone is 4. The third kappa shape index (κ3) is 10.5. The van der Waals surface area contributed by atoms with Gasteiger partial charge in [0.05, 0.1) is 0 Å². The van der Waals surface area contributed by atoms with Crippen molar-refractivity contribution in [1.29, 1.82) is 0 Å². The fraction of sp³-hybridized carbons (Fsp3) is 0.714. The molecule has 0 aromatic carbocycles. The van der Waals surface area contributed by atoms with E-state index in [0.717, 1.165) is 0 Å². The first-order valence-electron chi connectivity index (χ1n) is 6.04. The van der Waals surface area contributed by atoms with E-state index in [4.69, 9.17) is 0 Å². The molecular formula is C14H22Cl2Zr. The van der Waals surface area contributed by atoms with Gasteiger partial charge in [-0.05, 0) is 0 Å². The Balaban J connectivity index is -0.000000196. The largest absolute Gasteiger partial charge is 4.00 e. The van der Waals surface area contributed by atoms with Crippen molar-refractivity contribution in [2.45, 2.75) is 65.2 Å². The molecule has 2 aliphatic carbocycles. The minimum absolute atomic E-state index is 0. The zero-order chi connectivity index (χ0) is 10.2. The quantitative estimate of drug-likeness (QED) is 0.538. The van der Waals surface area contributed by atoms with Crippen molar-refractivity contribution >= 4 is 0 Å². The van der Waals surface area contributed by atoms with Crippen LogP contribution in [0.1, 0.15) is 65.2 Å². The maximum absolute atomic E-state index is 3.32. The van der Waals surface area contributed by atoms with Crippen LogP contribution in [0.2, 0.25) is 0 Å². The predicted octanol–water partition coefficient (Wildman–Crippen LogP) is -1.37. The molecular weight excluding hydrogens is 330 g/mol. The van der Waals surface area contributed by atoms with Crippen LogP contribution in [0.3, 0.4) is 0 Å². The molecule has 0 atom stereocenters. The molecule has 0 N–H and O–H groups in total. The van der Waals surface area contributed by atoms with Crippen LogP contribution >= 0.6 is 0 Å². The molecule has 0 aromatic heterocycles. The average molecular weight is 352 g/mol. The Bertz CT molecular complexity index is 198. The predicted molar refractivity (Wildman–Crippen MR) is 61.8 cm³/mol. The first-order chi connectivity index (χ1) is 6.86. The smallest absolute Gasteiger partial charge is 1.00 e. The number of hydrogen-bond donors (Lipinski definition) is 0. The summed E-state index contributed by atoms with van der Waals surface area (Å²) in [6, 6.07) is 0. The van der Waals surface area contributed by atoms with Gasteiger partial charge in [-0.1, -0.05) is 52.4 Å². The Hall–Kier alpha value is 0.943. The zero-order valence-electron chi connectivity index (χ0n) is 10.9. The van der Waals surface area contributed by atoms with Crippen LogP contribution < -0.4 is 24.8 Å². The summed E-state index contributed by atoms with van der Waals surface area (Å²) in [7, 11) is 0. The summed E-state index contributed by atoms with van der Waals surface area (Å²) in [5.41, 5.74) is 3.08. The molecule has 0 saturated heterocycles. The monoisotopic (exact) mass is 350 g/mol. The molecule has 0 saturated carbocycles. The summed E-state index contributed by atoms with van der Waals surface area (Å²) in [6.45, 7) is 4.40. The first kappa shape index (κ1) is 23.1. The first-order valence-corrected chi connectivity index (χ1v) is 6.04. The van der Waals surface area contributed by atoms with E-state index in [2.05, 4.69) is 26.0 Å². The van der Waals surface area contributed by atoms with Gasteiger partial charge in [0.2, 0.25) is 0 Å². The normalized spacial score (nSPS) is 16.4. The van der Waals surface area contributed by atoms with Gasteiger partial charge in [0.25, 0.3) is 0 Å². The van der Waals surface area contributed by atoms with Crippen molar-refractivity contribution in [3.8, 4) is 0 Å². The second-order valence-electron chi connectivity index (χ2n) is 3.97. The van der Waals surface area contributed by atoms with Crippen LogP contribution in [0.15, 0.2) is 11.1 Å². The molecule has 0 aromatic rings. The van der Waals surface area contributed by atoms with Crippen LogP contribution in [0.4, 0.5) is 0 Å². The molecule has 0 nitrogen and oxygen atoms in total. The molecule has 0 bridgehead atoms. The minimum atomic E-state index is 0. The van der Waals surface area contributed by atoms with E-state index in [1.807, 2.05) is 0 Å². The SMILES string of the molecule is CCC1=[C-]CCC1.CCC1=[C-]CCC1.[Cl-].[Cl-].[Zr+4]. The van der Waals surface area contributed by atoms with Crippen LogP contribution in [-0.4, -0.2) is 0 Å². The Labute approximate surface area is 139 Å². The van der Waals surface area contributed by atoms with Crippen LogP contribution in [0.25, 0.3) is 0 Å². The number of rotatable bonds is 2.